The van der Waals surface area contributed by atoms with Crippen molar-refractivity contribution in [2.24, 2.45) is 0 Å². The van der Waals surface area contributed by atoms with Gasteiger partial charge >= 0.3 is 5.97 Å². The quantitative estimate of drug-likeness (QED) is 0.646. The summed E-state index contributed by atoms with van der Waals surface area (Å²) in [4.78, 5) is 24.4. The molecule has 0 aliphatic heterocycles. The van der Waals surface area contributed by atoms with Gasteiger partial charge in [0.2, 0.25) is 0 Å². The molecule has 0 bridgehead atoms. The van der Waals surface area contributed by atoms with Crippen LogP contribution in [0.5, 0.6) is 0 Å². The first kappa shape index (κ1) is 9.60. The second-order valence-electron chi connectivity index (χ2n) is 2.25. The fraction of sp³-hybridized carbons (Fsp3) is 0.143. The summed E-state index contributed by atoms with van der Waals surface area (Å²) in [5.41, 5.74) is 4.45. The molecule has 0 aliphatic carbocycles. The second kappa shape index (κ2) is 3.49. The molecule has 1 heterocycles. The number of anilines is 1. The van der Waals surface area contributed by atoms with E-state index < -0.39 is 11.5 Å². The summed E-state index contributed by atoms with van der Waals surface area (Å²) in [6.07, 6.45) is 1.21. The Morgan fingerprint density at radius 2 is 2.31 bits per heavy atom. The maximum atomic E-state index is 11.1. The number of aromatic amines is 1. The number of pyridine rings is 1. The number of nitrogen functional groups attached to an aromatic ring is 1. The fourth-order valence-electron chi connectivity index (χ4n) is 0.825. The van der Waals surface area contributed by atoms with Crippen molar-refractivity contribution in [2.45, 2.75) is 0 Å². The van der Waals surface area contributed by atoms with Gasteiger partial charge in [-0.1, -0.05) is 11.6 Å². The van der Waals surface area contributed by atoms with Crippen LogP contribution in [0.25, 0.3) is 0 Å². The van der Waals surface area contributed by atoms with Gasteiger partial charge in [-0.2, -0.15) is 0 Å². The zero-order chi connectivity index (χ0) is 10.0. The Morgan fingerprint density at radius 1 is 1.69 bits per heavy atom. The number of aromatic nitrogens is 1. The maximum absolute atomic E-state index is 11.1. The van der Waals surface area contributed by atoms with Crippen LogP contribution in [0.3, 0.4) is 0 Å². The number of H-pyrrole nitrogens is 1. The highest BCUT2D eigenvalue weighted by atomic mass is 35.5. The average Bonchev–Trinajstić information content (AvgIpc) is 2.12. The second-order valence-corrected chi connectivity index (χ2v) is 2.65. The molecule has 5 nitrogen and oxygen atoms in total. The molecule has 3 N–H and O–H groups in total. The van der Waals surface area contributed by atoms with Gasteiger partial charge in [0.05, 0.1) is 17.8 Å². The third kappa shape index (κ3) is 1.65. The molecule has 1 rings (SSSR count). The van der Waals surface area contributed by atoms with Crippen LogP contribution in [0.4, 0.5) is 5.69 Å². The molecule has 0 unspecified atom stereocenters. The lowest BCUT2D eigenvalue weighted by atomic mass is 10.2. The Balaban J connectivity index is 3.42. The maximum Gasteiger partial charge on any atom is 0.345 e. The molecule has 1 aromatic heterocycles. The Labute approximate surface area is 78.5 Å². The highest BCUT2D eigenvalue weighted by Gasteiger charge is 2.16. The molecule has 0 saturated carbocycles. The number of hydrogen-bond donors (Lipinski definition) is 2. The Hall–Kier alpha value is -1.49. The van der Waals surface area contributed by atoms with Crippen LogP contribution >= 0.6 is 11.6 Å². The van der Waals surface area contributed by atoms with E-state index in [2.05, 4.69) is 9.72 Å². The lowest BCUT2D eigenvalue weighted by Gasteiger charge is -2.02. The summed E-state index contributed by atoms with van der Waals surface area (Å²) in [6, 6.07) is 0. The van der Waals surface area contributed by atoms with Crippen LogP contribution in [0, 0.1) is 0 Å². The summed E-state index contributed by atoms with van der Waals surface area (Å²) >= 11 is 5.58. The molecule has 0 amide bonds. The van der Waals surface area contributed by atoms with Crippen molar-refractivity contribution < 1.29 is 9.53 Å². The van der Waals surface area contributed by atoms with Crippen molar-refractivity contribution in [1.29, 1.82) is 0 Å². The molecule has 0 radical (unpaired) electrons. The molecule has 6 heteroatoms. The molecule has 0 aliphatic rings. The van der Waals surface area contributed by atoms with E-state index in [1.54, 1.807) is 0 Å². The minimum atomic E-state index is -0.804. The van der Waals surface area contributed by atoms with E-state index in [-0.39, 0.29) is 16.3 Å². The lowest BCUT2D eigenvalue weighted by Crippen LogP contribution is -2.21. The number of esters is 1. The van der Waals surface area contributed by atoms with Crippen molar-refractivity contribution in [3.63, 3.8) is 0 Å². The van der Waals surface area contributed by atoms with Gasteiger partial charge in [0, 0.05) is 6.20 Å². The van der Waals surface area contributed by atoms with Crippen molar-refractivity contribution in [3.05, 3.63) is 27.1 Å². The van der Waals surface area contributed by atoms with E-state index in [1.807, 2.05) is 0 Å². The van der Waals surface area contributed by atoms with Crippen molar-refractivity contribution in [3.8, 4) is 0 Å². The molecule has 0 fully saturated rings. The van der Waals surface area contributed by atoms with Crippen LogP contribution < -0.4 is 11.3 Å². The lowest BCUT2D eigenvalue weighted by molar-refractivity contribution is 0.0600. The predicted octanol–water partition coefficient (Wildman–Crippen LogP) is 0.397. The molecular formula is C7H7ClN2O3. The zero-order valence-corrected chi connectivity index (χ0v) is 7.51. The Bertz CT molecular complexity index is 399. The summed E-state index contributed by atoms with van der Waals surface area (Å²) in [5.74, 6) is -0.804. The van der Waals surface area contributed by atoms with Gasteiger partial charge in [0.15, 0.2) is 0 Å². The van der Waals surface area contributed by atoms with Crippen molar-refractivity contribution in [1.82, 2.24) is 4.98 Å². The van der Waals surface area contributed by atoms with E-state index in [0.29, 0.717) is 0 Å². The normalized spacial score (nSPS) is 9.69. The zero-order valence-electron chi connectivity index (χ0n) is 6.76. The number of nitrogens with two attached hydrogens (primary N) is 1. The summed E-state index contributed by atoms with van der Waals surface area (Å²) < 4.78 is 4.36. The Morgan fingerprint density at radius 3 is 2.85 bits per heavy atom. The van der Waals surface area contributed by atoms with Gasteiger partial charge in [-0.3, -0.25) is 4.79 Å². The van der Waals surface area contributed by atoms with Gasteiger partial charge in [-0.25, -0.2) is 4.79 Å². The third-order valence-electron chi connectivity index (χ3n) is 1.47. The van der Waals surface area contributed by atoms with E-state index in [4.69, 9.17) is 17.3 Å². The predicted molar refractivity (Wildman–Crippen MR) is 47.8 cm³/mol. The first-order chi connectivity index (χ1) is 6.07. The van der Waals surface area contributed by atoms with E-state index in [0.717, 1.165) is 7.11 Å². The van der Waals surface area contributed by atoms with Gasteiger partial charge in [-0.15, -0.1) is 0 Å². The number of methoxy groups -OCH3 is 1. The first-order valence-electron chi connectivity index (χ1n) is 3.33. The molecule has 0 spiro atoms. The largest absolute Gasteiger partial charge is 0.465 e. The van der Waals surface area contributed by atoms with Gasteiger partial charge in [0.1, 0.15) is 5.56 Å². The third-order valence-corrected chi connectivity index (χ3v) is 1.79. The summed E-state index contributed by atoms with van der Waals surface area (Å²) in [7, 11) is 1.15. The summed E-state index contributed by atoms with van der Waals surface area (Å²) in [6.45, 7) is 0. The minimum absolute atomic E-state index is 0.0720. The summed E-state index contributed by atoms with van der Waals surface area (Å²) in [5, 5.41) is 0.111. The number of hydrogen-bond acceptors (Lipinski definition) is 4. The molecule has 0 atom stereocenters. The number of ether oxygens (including phenoxy) is 1. The first-order valence-corrected chi connectivity index (χ1v) is 3.70. The highest BCUT2D eigenvalue weighted by molar-refractivity contribution is 6.33. The number of rotatable bonds is 1. The van der Waals surface area contributed by atoms with Crippen LogP contribution in [-0.2, 0) is 4.74 Å². The number of carbonyl (C=O) groups excluding carboxylic acids is 1. The minimum Gasteiger partial charge on any atom is -0.465 e. The molecule has 0 saturated heterocycles. The fourth-order valence-corrected chi connectivity index (χ4v) is 0.974. The van der Waals surface area contributed by atoms with Gasteiger partial charge in [-0.05, 0) is 0 Å². The highest BCUT2D eigenvalue weighted by Crippen LogP contribution is 2.18. The smallest absolute Gasteiger partial charge is 0.345 e. The molecule has 13 heavy (non-hydrogen) atoms. The van der Waals surface area contributed by atoms with Crippen molar-refractivity contribution >= 4 is 23.3 Å². The molecule has 70 valence electrons. The van der Waals surface area contributed by atoms with Gasteiger partial charge in [0.25, 0.3) is 5.56 Å². The standard InChI is InChI=1S/C7H7ClN2O3/c1-13-7(12)4-5(9)3(8)2-10-6(4)11/h2H,1H3,(H3,9,10,11). The molecule has 1 aromatic rings. The average molecular weight is 203 g/mol. The number of halogens is 1. The topological polar surface area (TPSA) is 85.2 Å². The van der Waals surface area contributed by atoms with Crippen LogP contribution in [0.1, 0.15) is 10.4 Å². The Kier molecular flexibility index (Phi) is 2.57. The van der Waals surface area contributed by atoms with E-state index in [1.165, 1.54) is 6.20 Å². The monoisotopic (exact) mass is 202 g/mol. The number of carbonyl (C=O) groups is 1. The van der Waals surface area contributed by atoms with E-state index >= 15 is 0 Å². The van der Waals surface area contributed by atoms with Crippen LogP contribution in [0.15, 0.2) is 11.0 Å². The van der Waals surface area contributed by atoms with Crippen molar-refractivity contribution in [2.75, 3.05) is 12.8 Å². The SMILES string of the molecule is COC(=O)c1c(N)c(Cl)c[nH]c1=O. The molecule has 0 aromatic carbocycles. The molecular weight excluding hydrogens is 196 g/mol. The number of nitrogens with one attached hydrogen (secondary N) is 1. The van der Waals surface area contributed by atoms with Crippen LogP contribution in [0.2, 0.25) is 5.02 Å². The van der Waals surface area contributed by atoms with Gasteiger partial charge < -0.3 is 15.5 Å². The van der Waals surface area contributed by atoms with Crippen LogP contribution in [-0.4, -0.2) is 18.1 Å². The van der Waals surface area contributed by atoms with E-state index in [9.17, 15) is 9.59 Å².